The molecule has 0 aliphatic heterocycles. The van der Waals surface area contributed by atoms with Gasteiger partial charge < -0.3 is 0 Å². The van der Waals surface area contributed by atoms with Gasteiger partial charge in [0.25, 0.3) is 0 Å². The molecule has 0 saturated carbocycles. The van der Waals surface area contributed by atoms with Gasteiger partial charge in [0, 0.05) is 22.6 Å². The molecule has 74 valence electrons. The SMILES string of the molecule is CC(C)Cn1ncc2cc(Br)cnc21. The molecule has 2 aromatic rings. The number of nitrogens with zero attached hydrogens (tertiary/aromatic N) is 3. The zero-order chi connectivity index (χ0) is 10.1. The Labute approximate surface area is 91.3 Å². The summed E-state index contributed by atoms with van der Waals surface area (Å²) in [5.41, 5.74) is 0.960. The predicted octanol–water partition coefficient (Wildman–Crippen LogP) is 2.85. The fourth-order valence-corrected chi connectivity index (χ4v) is 1.77. The number of fused-ring (bicyclic) bond motifs is 1. The van der Waals surface area contributed by atoms with E-state index in [1.807, 2.05) is 16.9 Å². The molecule has 0 bridgehead atoms. The van der Waals surface area contributed by atoms with Gasteiger partial charge in [0.05, 0.1) is 6.20 Å². The van der Waals surface area contributed by atoms with Crippen LogP contribution in [0.15, 0.2) is 22.9 Å². The van der Waals surface area contributed by atoms with Gasteiger partial charge in [-0.1, -0.05) is 13.8 Å². The molecule has 0 fully saturated rings. The van der Waals surface area contributed by atoms with E-state index in [2.05, 4.69) is 39.9 Å². The van der Waals surface area contributed by atoms with Crippen molar-refractivity contribution in [1.82, 2.24) is 14.8 Å². The fraction of sp³-hybridized carbons (Fsp3) is 0.400. The summed E-state index contributed by atoms with van der Waals surface area (Å²) in [5.74, 6) is 0.587. The van der Waals surface area contributed by atoms with Crippen LogP contribution in [0.5, 0.6) is 0 Å². The predicted molar refractivity (Wildman–Crippen MR) is 60.1 cm³/mol. The second-order valence-corrected chi connectivity index (χ2v) is 4.70. The zero-order valence-electron chi connectivity index (χ0n) is 8.24. The molecule has 0 aromatic carbocycles. The summed E-state index contributed by atoms with van der Waals surface area (Å²) in [6.45, 7) is 5.26. The molecule has 0 atom stereocenters. The average Bonchev–Trinajstić information content (AvgIpc) is 2.47. The third-order valence-electron chi connectivity index (χ3n) is 1.98. The molecule has 14 heavy (non-hydrogen) atoms. The van der Waals surface area contributed by atoms with Gasteiger partial charge in [0.1, 0.15) is 0 Å². The summed E-state index contributed by atoms with van der Waals surface area (Å²) in [5, 5.41) is 5.39. The van der Waals surface area contributed by atoms with Gasteiger partial charge >= 0.3 is 0 Å². The highest BCUT2D eigenvalue weighted by Crippen LogP contribution is 2.17. The van der Waals surface area contributed by atoms with Crippen LogP contribution in [0.1, 0.15) is 13.8 Å². The van der Waals surface area contributed by atoms with Crippen molar-refractivity contribution in [2.45, 2.75) is 20.4 Å². The number of halogens is 1. The van der Waals surface area contributed by atoms with Gasteiger partial charge in [-0.3, -0.25) is 0 Å². The Balaban J connectivity index is 2.47. The van der Waals surface area contributed by atoms with E-state index in [0.29, 0.717) is 5.92 Å². The van der Waals surface area contributed by atoms with Crippen molar-refractivity contribution >= 4 is 27.0 Å². The molecule has 0 unspecified atom stereocenters. The van der Waals surface area contributed by atoms with Crippen LogP contribution in [0.4, 0.5) is 0 Å². The lowest BCUT2D eigenvalue weighted by Crippen LogP contribution is -2.06. The fourth-order valence-electron chi connectivity index (χ4n) is 1.42. The summed E-state index contributed by atoms with van der Waals surface area (Å²) in [6.07, 6.45) is 3.66. The van der Waals surface area contributed by atoms with Crippen LogP contribution in [0.3, 0.4) is 0 Å². The minimum atomic E-state index is 0.587. The Hall–Kier alpha value is -0.900. The van der Waals surface area contributed by atoms with Crippen LogP contribution in [0.2, 0.25) is 0 Å². The maximum Gasteiger partial charge on any atom is 0.157 e. The Kier molecular flexibility index (Phi) is 2.54. The molecule has 3 nitrogen and oxygen atoms in total. The normalized spacial score (nSPS) is 11.4. The first-order chi connectivity index (χ1) is 6.66. The molecular weight excluding hydrogens is 242 g/mol. The number of aromatic nitrogens is 3. The van der Waals surface area contributed by atoms with E-state index < -0.39 is 0 Å². The summed E-state index contributed by atoms with van der Waals surface area (Å²) < 4.78 is 2.95. The molecule has 2 aromatic heterocycles. The van der Waals surface area contributed by atoms with Crippen LogP contribution in [0, 0.1) is 5.92 Å². The van der Waals surface area contributed by atoms with Crippen molar-refractivity contribution < 1.29 is 0 Å². The van der Waals surface area contributed by atoms with E-state index in [1.54, 1.807) is 6.20 Å². The highest BCUT2D eigenvalue weighted by atomic mass is 79.9. The summed E-state index contributed by atoms with van der Waals surface area (Å²) in [4.78, 5) is 4.35. The monoisotopic (exact) mass is 253 g/mol. The van der Waals surface area contributed by atoms with Crippen LogP contribution in [-0.4, -0.2) is 14.8 Å². The van der Waals surface area contributed by atoms with Crippen LogP contribution in [0.25, 0.3) is 11.0 Å². The Bertz CT molecular complexity index is 448. The lowest BCUT2D eigenvalue weighted by molar-refractivity contribution is 0.492. The number of hydrogen-bond donors (Lipinski definition) is 0. The van der Waals surface area contributed by atoms with Gasteiger partial charge in [0.15, 0.2) is 5.65 Å². The molecule has 0 amide bonds. The molecule has 2 rings (SSSR count). The van der Waals surface area contributed by atoms with Gasteiger partial charge in [-0.15, -0.1) is 0 Å². The second-order valence-electron chi connectivity index (χ2n) is 3.79. The van der Waals surface area contributed by atoms with Crippen LogP contribution >= 0.6 is 15.9 Å². The minimum absolute atomic E-state index is 0.587. The lowest BCUT2D eigenvalue weighted by atomic mass is 10.2. The van der Waals surface area contributed by atoms with Gasteiger partial charge in [-0.2, -0.15) is 5.10 Å². The van der Waals surface area contributed by atoms with E-state index >= 15 is 0 Å². The largest absolute Gasteiger partial charge is 0.247 e. The molecule has 0 aliphatic carbocycles. The minimum Gasteiger partial charge on any atom is -0.247 e. The maximum atomic E-state index is 4.35. The molecule has 0 aliphatic rings. The van der Waals surface area contributed by atoms with Gasteiger partial charge in [-0.25, -0.2) is 9.67 Å². The molecule has 4 heteroatoms. The summed E-state index contributed by atoms with van der Waals surface area (Å²) in [7, 11) is 0. The van der Waals surface area contributed by atoms with Crippen molar-refractivity contribution in [1.29, 1.82) is 0 Å². The van der Waals surface area contributed by atoms with Crippen molar-refractivity contribution in [3.8, 4) is 0 Å². The van der Waals surface area contributed by atoms with Crippen molar-refractivity contribution in [3.05, 3.63) is 22.9 Å². The maximum absolute atomic E-state index is 4.35. The van der Waals surface area contributed by atoms with E-state index in [9.17, 15) is 0 Å². The van der Waals surface area contributed by atoms with Crippen molar-refractivity contribution in [3.63, 3.8) is 0 Å². The molecule has 0 saturated heterocycles. The second kappa shape index (κ2) is 3.69. The molecular formula is C10H12BrN3. The van der Waals surface area contributed by atoms with E-state index in [0.717, 1.165) is 22.1 Å². The zero-order valence-corrected chi connectivity index (χ0v) is 9.82. The Morgan fingerprint density at radius 1 is 1.43 bits per heavy atom. The topological polar surface area (TPSA) is 30.7 Å². The van der Waals surface area contributed by atoms with Gasteiger partial charge in [0.2, 0.25) is 0 Å². The third-order valence-corrected chi connectivity index (χ3v) is 2.41. The molecule has 0 spiro atoms. The van der Waals surface area contributed by atoms with E-state index in [1.165, 1.54) is 0 Å². The quantitative estimate of drug-likeness (QED) is 0.825. The third kappa shape index (κ3) is 1.80. The number of pyridine rings is 1. The first kappa shape index (κ1) is 9.65. The van der Waals surface area contributed by atoms with Crippen LogP contribution < -0.4 is 0 Å². The first-order valence-corrected chi connectivity index (χ1v) is 5.43. The van der Waals surface area contributed by atoms with Gasteiger partial charge in [-0.05, 0) is 27.9 Å². The van der Waals surface area contributed by atoms with E-state index in [-0.39, 0.29) is 0 Å². The lowest BCUT2D eigenvalue weighted by Gasteiger charge is -2.05. The Morgan fingerprint density at radius 2 is 2.21 bits per heavy atom. The number of rotatable bonds is 2. The average molecular weight is 254 g/mol. The first-order valence-electron chi connectivity index (χ1n) is 4.64. The summed E-state index contributed by atoms with van der Waals surface area (Å²) >= 11 is 3.39. The summed E-state index contributed by atoms with van der Waals surface area (Å²) in [6, 6.07) is 2.03. The van der Waals surface area contributed by atoms with Crippen molar-refractivity contribution in [2.75, 3.05) is 0 Å². The Morgan fingerprint density at radius 3 is 2.93 bits per heavy atom. The number of hydrogen-bond acceptors (Lipinski definition) is 2. The van der Waals surface area contributed by atoms with E-state index in [4.69, 9.17) is 0 Å². The van der Waals surface area contributed by atoms with Crippen molar-refractivity contribution in [2.24, 2.45) is 5.92 Å². The highest BCUT2D eigenvalue weighted by molar-refractivity contribution is 9.10. The molecule has 2 heterocycles. The molecule has 0 N–H and O–H groups in total. The molecule has 0 radical (unpaired) electrons. The standard InChI is InChI=1S/C10H12BrN3/c1-7(2)6-14-10-8(4-13-14)3-9(11)5-12-10/h3-5,7H,6H2,1-2H3. The highest BCUT2D eigenvalue weighted by Gasteiger charge is 2.05. The smallest absolute Gasteiger partial charge is 0.157 e. The van der Waals surface area contributed by atoms with Crippen LogP contribution in [-0.2, 0) is 6.54 Å².